The van der Waals surface area contributed by atoms with Gasteiger partial charge in [-0.1, -0.05) is 18.2 Å². The number of piperidine rings is 1. The Balaban J connectivity index is 1.08. The monoisotopic (exact) mass is 538 g/mol. The van der Waals surface area contributed by atoms with Gasteiger partial charge in [-0.2, -0.15) is 4.31 Å². The summed E-state index contributed by atoms with van der Waals surface area (Å²) >= 11 is 0. The summed E-state index contributed by atoms with van der Waals surface area (Å²) in [5, 5.41) is 0. The van der Waals surface area contributed by atoms with E-state index in [4.69, 9.17) is 0 Å². The molecule has 38 heavy (non-hydrogen) atoms. The summed E-state index contributed by atoms with van der Waals surface area (Å²) < 4.78 is 55.3. The molecule has 2 saturated heterocycles. The predicted molar refractivity (Wildman–Crippen MR) is 144 cm³/mol. The van der Waals surface area contributed by atoms with Crippen molar-refractivity contribution in [1.82, 2.24) is 14.1 Å². The molecular weight excluding hydrogens is 506 g/mol. The van der Waals surface area contributed by atoms with Gasteiger partial charge in [-0.3, -0.25) is 4.90 Å². The summed E-state index contributed by atoms with van der Waals surface area (Å²) in [6.45, 7) is 5.90. The van der Waals surface area contributed by atoms with Crippen LogP contribution < -0.4 is 4.90 Å². The number of hydrogen-bond acceptors (Lipinski definition) is 5. The molecule has 3 aromatic rings. The molecular formula is C29H32F2N4O2S. The van der Waals surface area contributed by atoms with E-state index in [1.54, 1.807) is 46.8 Å². The van der Waals surface area contributed by atoms with Crippen molar-refractivity contribution in [2.24, 2.45) is 0 Å². The normalized spacial score (nSPS) is 22.8. The summed E-state index contributed by atoms with van der Waals surface area (Å²) in [5.74, 6) is -0.326. The first kappa shape index (κ1) is 25.4. The summed E-state index contributed by atoms with van der Waals surface area (Å²) in [5.41, 5.74) is 2.96. The van der Waals surface area contributed by atoms with E-state index in [9.17, 15) is 17.2 Å². The minimum Gasteiger partial charge on any atom is -0.337 e. The fourth-order valence-electron chi connectivity index (χ4n) is 6.20. The zero-order valence-electron chi connectivity index (χ0n) is 21.2. The van der Waals surface area contributed by atoms with Gasteiger partial charge >= 0.3 is 0 Å². The number of hydrogen-bond donors (Lipinski definition) is 0. The van der Waals surface area contributed by atoms with Gasteiger partial charge in [-0.15, -0.1) is 0 Å². The van der Waals surface area contributed by atoms with Crippen LogP contribution in [0.2, 0.25) is 0 Å². The summed E-state index contributed by atoms with van der Waals surface area (Å²) in [6.07, 6.45) is 0.932. The molecule has 3 heterocycles. The van der Waals surface area contributed by atoms with E-state index in [2.05, 4.69) is 14.7 Å². The Bertz CT molecular complexity index is 1380. The number of piperazine rings is 1. The SMILES string of the molecule is O=S(=O)(c1ccccc1)N1CCN(CCN2CCC3C(C2)c2cc(F)ccc2N3c2ccc(F)cc2)CC1. The molecule has 0 spiro atoms. The second-order valence-electron chi connectivity index (χ2n) is 10.4. The van der Waals surface area contributed by atoms with Gasteiger partial charge in [0.25, 0.3) is 0 Å². The molecule has 6 rings (SSSR count). The van der Waals surface area contributed by atoms with Crippen LogP contribution in [0, 0.1) is 11.6 Å². The van der Waals surface area contributed by atoms with Crippen LogP contribution in [0.25, 0.3) is 0 Å². The molecule has 0 saturated carbocycles. The highest BCUT2D eigenvalue weighted by Crippen LogP contribution is 2.48. The van der Waals surface area contributed by atoms with Crippen LogP contribution in [-0.2, 0) is 10.0 Å². The second-order valence-corrected chi connectivity index (χ2v) is 12.3. The van der Waals surface area contributed by atoms with Gasteiger partial charge in [0.05, 0.1) is 4.90 Å². The number of fused-ring (bicyclic) bond motifs is 3. The summed E-state index contributed by atoms with van der Waals surface area (Å²) in [7, 11) is -3.45. The van der Waals surface area contributed by atoms with Crippen molar-refractivity contribution in [3.8, 4) is 0 Å². The Kier molecular flexibility index (Phi) is 6.94. The van der Waals surface area contributed by atoms with Crippen LogP contribution in [0.3, 0.4) is 0 Å². The van der Waals surface area contributed by atoms with Crippen molar-refractivity contribution in [2.45, 2.75) is 23.3 Å². The van der Waals surface area contributed by atoms with E-state index in [-0.39, 0.29) is 23.6 Å². The zero-order valence-corrected chi connectivity index (χ0v) is 22.0. The fraction of sp³-hybridized carbons (Fsp3) is 0.379. The Labute approximate surface area is 223 Å². The highest BCUT2D eigenvalue weighted by Gasteiger charge is 2.42. The smallest absolute Gasteiger partial charge is 0.243 e. The van der Waals surface area contributed by atoms with Crippen molar-refractivity contribution in [3.05, 3.63) is 90.0 Å². The van der Waals surface area contributed by atoms with E-state index in [0.29, 0.717) is 31.1 Å². The van der Waals surface area contributed by atoms with E-state index in [1.807, 2.05) is 12.1 Å². The fourth-order valence-corrected chi connectivity index (χ4v) is 7.64. The molecule has 6 nitrogen and oxygen atoms in total. The predicted octanol–water partition coefficient (Wildman–Crippen LogP) is 4.28. The lowest BCUT2D eigenvalue weighted by Gasteiger charge is -2.40. The number of rotatable bonds is 6. The van der Waals surface area contributed by atoms with Gasteiger partial charge < -0.3 is 9.80 Å². The molecule has 0 radical (unpaired) electrons. The Morgan fingerprint density at radius 1 is 0.763 bits per heavy atom. The average Bonchev–Trinajstić information content (AvgIpc) is 3.26. The standard InChI is InChI=1S/C29H32F2N4O2S/c30-22-6-9-24(10-7-22)35-28-11-8-23(31)20-26(28)27-21-33(13-12-29(27)35)15-14-32-16-18-34(19-17-32)38(36,37)25-4-2-1-3-5-25/h1-11,20,27,29H,12-19,21H2. The van der Waals surface area contributed by atoms with E-state index in [1.165, 1.54) is 18.2 Å². The molecule has 3 aliphatic rings. The molecule has 0 amide bonds. The quantitative estimate of drug-likeness (QED) is 0.469. The first-order valence-electron chi connectivity index (χ1n) is 13.2. The number of anilines is 2. The lowest BCUT2D eigenvalue weighted by molar-refractivity contribution is 0.139. The van der Waals surface area contributed by atoms with Crippen molar-refractivity contribution in [2.75, 3.05) is 57.3 Å². The topological polar surface area (TPSA) is 47.1 Å². The van der Waals surface area contributed by atoms with Gasteiger partial charge in [0.15, 0.2) is 0 Å². The minimum absolute atomic E-state index is 0.173. The summed E-state index contributed by atoms with van der Waals surface area (Å²) in [6, 6.07) is 20.4. The van der Waals surface area contributed by atoms with Crippen LogP contribution in [0.4, 0.5) is 20.2 Å². The molecule has 0 N–H and O–H groups in total. The van der Waals surface area contributed by atoms with Crippen molar-refractivity contribution in [1.29, 1.82) is 0 Å². The van der Waals surface area contributed by atoms with Crippen LogP contribution in [0.1, 0.15) is 17.9 Å². The van der Waals surface area contributed by atoms with Gasteiger partial charge in [0.1, 0.15) is 11.6 Å². The van der Waals surface area contributed by atoms with E-state index >= 15 is 0 Å². The lowest BCUT2D eigenvalue weighted by Crippen LogP contribution is -2.51. The van der Waals surface area contributed by atoms with E-state index in [0.717, 1.165) is 49.5 Å². The van der Waals surface area contributed by atoms with Crippen LogP contribution >= 0.6 is 0 Å². The molecule has 2 fully saturated rings. The largest absolute Gasteiger partial charge is 0.337 e. The van der Waals surface area contributed by atoms with Crippen LogP contribution in [0.5, 0.6) is 0 Å². The van der Waals surface area contributed by atoms with Gasteiger partial charge in [0, 0.05) is 75.7 Å². The third kappa shape index (κ3) is 4.84. The summed E-state index contributed by atoms with van der Waals surface area (Å²) in [4.78, 5) is 7.37. The third-order valence-electron chi connectivity index (χ3n) is 8.19. The number of benzene rings is 3. The lowest BCUT2D eigenvalue weighted by atomic mass is 9.89. The first-order valence-corrected chi connectivity index (χ1v) is 14.7. The van der Waals surface area contributed by atoms with Gasteiger partial charge in [0.2, 0.25) is 10.0 Å². The van der Waals surface area contributed by atoms with Crippen LogP contribution in [0.15, 0.2) is 77.7 Å². The molecule has 2 atom stereocenters. The zero-order chi connectivity index (χ0) is 26.3. The molecule has 0 aromatic heterocycles. The molecule has 9 heteroatoms. The maximum absolute atomic E-state index is 14.3. The molecule has 2 unspecified atom stereocenters. The number of nitrogens with zero attached hydrogens (tertiary/aromatic N) is 4. The number of sulfonamides is 1. The van der Waals surface area contributed by atoms with E-state index < -0.39 is 10.0 Å². The molecule has 0 aliphatic carbocycles. The van der Waals surface area contributed by atoms with Crippen molar-refractivity contribution >= 4 is 21.4 Å². The number of halogens is 2. The minimum atomic E-state index is -3.45. The van der Waals surface area contributed by atoms with Crippen molar-refractivity contribution in [3.63, 3.8) is 0 Å². The Hall–Kier alpha value is -2.85. The maximum atomic E-state index is 14.3. The second kappa shape index (κ2) is 10.4. The molecule has 200 valence electrons. The molecule has 3 aliphatic heterocycles. The highest BCUT2D eigenvalue weighted by molar-refractivity contribution is 7.89. The Morgan fingerprint density at radius 2 is 1.45 bits per heavy atom. The van der Waals surface area contributed by atoms with Gasteiger partial charge in [-0.25, -0.2) is 17.2 Å². The highest BCUT2D eigenvalue weighted by atomic mass is 32.2. The molecule has 3 aromatic carbocycles. The maximum Gasteiger partial charge on any atom is 0.243 e. The molecule has 0 bridgehead atoms. The van der Waals surface area contributed by atoms with Crippen molar-refractivity contribution < 1.29 is 17.2 Å². The Morgan fingerprint density at radius 3 is 2.18 bits per heavy atom. The van der Waals surface area contributed by atoms with Crippen LogP contribution in [-0.4, -0.2) is 80.9 Å². The third-order valence-corrected chi connectivity index (χ3v) is 10.1. The number of likely N-dealkylation sites (tertiary alicyclic amines) is 1. The first-order chi connectivity index (χ1) is 18.4. The average molecular weight is 539 g/mol. The van der Waals surface area contributed by atoms with Gasteiger partial charge in [-0.05, 0) is 66.6 Å².